The van der Waals surface area contributed by atoms with Crippen molar-refractivity contribution < 1.29 is 14.9 Å². The monoisotopic (exact) mass is 276 g/mol. The van der Waals surface area contributed by atoms with Gasteiger partial charge in [-0.1, -0.05) is 31.6 Å². The summed E-state index contributed by atoms with van der Waals surface area (Å²) in [6.45, 7) is 8.79. The molecule has 0 aliphatic heterocycles. The first-order valence-corrected chi connectivity index (χ1v) is 7.16. The van der Waals surface area contributed by atoms with Crippen molar-refractivity contribution in [3.05, 3.63) is 34.9 Å². The molecule has 1 aliphatic carbocycles. The van der Waals surface area contributed by atoms with Crippen LogP contribution in [0.4, 0.5) is 0 Å². The fourth-order valence-electron chi connectivity index (χ4n) is 2.62. The van der Waals surface area contributed by atoms with Crippen molar-refractivity contribution in [2.75, 3.05) is 6.54 Å². The van der Waals surface area contributed by atoms with Crippen LogP contribution in [0.3, 0.4) is 0 Å². The van der Waals surface area contributed by atoms with Crippen LogP contribution in [0.2, 0.25) is 0 Å². The van der Waals surface area contributed by atoms with Crippen molar-refractivity contribution >= 4 is 12.2 Å². The van der Waals surface area contributed by atoms with Gasteiger partial charge in [-0.2, -0.15) is 0 Å². The topological polar surface area (TPSA) is 51.3 Å². The molecular weight excluding hydrogens is 250 g/mol. The highest BCUT2D eigenvalue weighted by atomic mass is 16.4. The van der Waals surface area contributed by atoms with Gasteiger partial charge in [0.1, 0.15) is 0 Å². The van der Waals surface area contributed by atoms with E-state index in [0.29, 0.717) is 0 Å². The number of carboxylic acids is 1. The number of allylic oxidation sites excluding steroid dienone is 6. The lowest BCUT2D eigenvalue weighted by atomic mass is 9.72. The fourth-order valence-corrected chi connectivity index (χ4v) is 2.62. The molecule has 0 aromatic heterocycles. The van der Waals surface area contributed by atoms with Crippen molar-refractivity contribution in [2.45, 2.75) is 47.0 Å². The van der Waals surface area contributed by atoms with Crippen LogP contribution in [0.25, 0.3) is 0 Å². The van der Waals surface area contributed by atoms with Crippen LogP contribution in [0.1, 0.15) is 47.0 Å². The van der Waals surface area contributed by atoms with E-state index in [1.54, 1.807) is 6.21 Å². The SMILES string of the molecule is CC1=C(/C=C/C(C)=C/C=[NH+]CC(=O)O)C(C)(C)CCC1. The molecule has 110 valence electrons. The molecule has 0 bridgehead atoms. The Morgan fingerprint density at radius 1 is 1.45 bits per heavy atom. The number of carboxylic acid groups (broad SMARTS) is 1. The van der Waals surface area contributed by atoms with Gasteiger partial charge in [0, 0.05) is 6.08 Å². The molecule has 0 aromatic rings. The summed E-state index contributed by atoms with van der Waals surface area (Å²) in [5.74, 6) is -0.854. The van der Waals surface area contributed by atoms with Gasteiger partial charge in [-0.05, 0) is 49.7 Å². The Hall–Kier alpha value is -1.64. The molecule has 0 heterocycles. The fraction of sp³-hybridized carbons (Fsp3) is 0.529. The number of hydrogen-bond donors (Lipinski definition) is 2. The van der Waals surface area contributed by atoms with Gasteiger partial charge in [0.2, 0.25) is 6.54 Å². The van der Waals surface area contributed by atoms with E-state index in [-0.39, 0.29) is 12.0 Å². The standard InChI is InChI=1S/C17H25NO2/c1-13(9-11-18-12-16(19)20)7-8-15-14(2)6-5-10-17(15,3)4/h7-9,11H,5-6,10,12H2,1-4H3,(H,19,20)/p+1/b8-7+,13-9+,18-11?. The van der Waals surface area contributed by atoms with E-state index in [1.165, 1.54) is 30.4 Å². The smallest absolute Gasteiger partial charge is 0.369 e. The molecule has 2 N–H and O–H groups in total. The Morgan fingerprint density at radius 3 is 2.75 bits per heavy atom. The van der Waals surface area contributed by atoms with Gasteiger partial charge >= 0.3 is 5.97 Å². The van der Waals surface area contributed by atoms with Crippen molar-refractivity contribution in [2.24, 2.45) is 5.41 Å². The van der Waals surface area contributed by atoms with Crippen LogP contribution in [0, 0.1) is 5.41 Å². The summed E-state index contributed by atoms with van der Waals surface area (Å²) < 4.78 is 0. The zero-order chi connectivity index (χ0) is 15.2. The molecule has 1 rings (SSSR count). The number of rotatable bonds is 5. The minimum absolute atomic E-state index is 0.0508. The second-order valence-corrected chi connectivity index (χ2v) is 6.12. The van der Waals surface area contributed by atoms with Gasteiger partial charge in [-0.15, -0.1) is 0 Å². The average molecular weight is 276 g/mol. The molecule has 0 amide bonds. The average Bonchev–Trinajstić information content (AvgIpc) is 2.33. The van der Waals surface area contributed by atoms with Crippen molar-refractivity contribution in [3.63, 3.8) is 0 Å². The van der Waals surface area contributed by atoms with E-state index in [2.05, 4.69) is 37.9 Å². The Balaban J connectivity index is 2.73. The van der Waals surface area contributed by atoms with Crippen LogP contribution >= 0.6 is 0 Å². The molecule has 1 aliphatic rings. The Labute approximate surface area is 121 Å². The van der Waals surface area contributed by atoms with Crippen LogP contribution in [-0.4, -0.2) is 23.8 Å². The quantitative estimate of drug-likeness (QED) is 0.598. The molecule has 0 aromatic carbocycles. The first-order valence-electron chi connectivity index (χ1n) is 7.16. The highest BCUT2D eigenvalue weighted by molar-refractivity contribution is 5.71. The highest BCUT2D eigenvalue weighted by Gasteiger charge is 2.26. The maximum Gasteiger partial charge on any atom is 0.369 e. The summed E-state index contributed by atoms with van der Waals surface area (Å²) >= 11 is 0. The van der Waals surface area contributed by atoms with E-state index in [1.807, 2.05) is 13.0 Å². The maximum absolute atomic E-state index is 10.4. The number of aliphatic carboxylic acids is 1. The lowest BCUT2D eigenvalue weighted by Crippen LogP contribution is -2.71. The summed E-state index contributed by atoms with van der Waals surface area (Å²) in [4.78, 5) is 13.1. The number of nitrogens with one attached hydrogen (secondary N) is 1. The van der Waals surface area contributed by atoms with Crippen LogP contribution in [0.5, 0.6) is 0 Å². The zero-order valence-electron chi connectivity index (χ0n) is 13.0. The van der Waals surface area contributed by atoms with Gasteiger partial charge < -0.3 is 5.11 Å². The van der Waals surface area contributed by atoms with Gasteiger partial charge in [0.25, 0.3) is 0 Å². The highest BCUT2D eigenvalue weighted by Crippen LogP contribution is 2.40. The van der Waals surface area contributed by atoms with Crippen LogP contribution in [0.15, 0.2) is 34.9 Å². The summed E-state index contributed by atoms with van der Waals surface area (Å²) in [5, 5.41) is 8.52. The zero-order valence-corrected chi connectivity index (χ0v) is 13.0. The van der Waals surface area contributed by atoms with E-state index in [9.17, 15) is 4.79 Å². The lowest BCUT2D eigenvalue weighted by Gasteiger charge is -2.32. The Kier molecular flexibility index (Phi) is 5.93. The molecule has 0 unspecified atom stereocenters. The third kappa shape index (κ3) is 5.16. The molecule has 3 heteroatoms. The second-order valence-electron chi connectivity index (χ2n) is 6.12. The minimum atomic E-state index is -0.854. The first-order chi connectivity index (χ1) is 9.33. The molecule has 0 atom stereocenters. The van der Waals surface area contributed by atoms with Crippen molar-refractivity contribution in [3.8, 4) is 0 Å². The van der Waals surface area contributed by atoms with E-state index < -0.39 is 5.97 Å². The third-order valence-electron chi connectivity index (χ3n) is 3.77. The van der Waals surface area contributed by atoms with Crippen LogP contribution < -0.4 is 4.99 Å². The maximum atomic E-state index is 10.4. The third-order valence-corrected chi connectivity index (χ3v) is 3.77. The normalized spacial score (nSPS) is 20.1. The molecule has 0 saturated heterocycles. The predicted octanol–water partition coefficient (Wildman–Crippen LogP) is 2.25. The largest absolute Gasteiger partial charge is 0.477 e. The molecule has 20 heavy (non-hydrogen) atoms. The number of hydrogen-bond acceptors (Lipinski definition) is 1. The van der Waals surface area contributed by atoms with Crippen molar-refractivity contribution in [1.29, 1.82) is 0 Å². The van der Waals surface area contributed by atoms with Crippen molar-refractivity contribution in [1.82, 2.24) is 0 Å². The summed E-state index contributed by atoms with van der Waals surface area (Å²) in [6.07, 6.45) is 11.6. The summed E-state index contributed by atoms with van der Waals surface area (Å²) in [7, 11) is 0. The van der Waals surface area contributed by atoms with E-state index in [4.69, 9.17) is 5.11 Å². The van der Waals surface area contributed by atoms with Gasteiger partial charge in [-0.3, -0.25) is 0 Å². The van der Waals surface area contributed by atoms with Gasteiger partial charge in [-0.25, -0.2) is 9.79 Å². The Bertz CT molecular complexity index is 479. The predicted molar refractivity (Wildman–Crippen MR) is 82.8 cm³/mol. The molecule has 0 fully saturated rings. The summed E-state index contributed by atoms with van der Waals surface area (Å²) in [5.41, 5.74) is 4.28. The molecule has 3 nitrogen and oxygen atoms in total. The minimum Gasteiger partial charge on any atom is -0.477 e. The van der Waals surface area contributed by atoms with E-state index in [0.717, 1.165) is 5.57 Å². The van der Waals surface area contributed by atoms with Gasteiger partial charge in [0.05, 0.1) is 0 Å². The van der Waals surface area contributed by atoms with E-state index >= 15 is 0 Å². The Morgan fingerprint density at radius 2 is 2.15 bits per heavy atom. The molecule has 0 radical (unpaired) electrons. The molecule has 0 saturated carbocycles. The lowest BCUT2D eigenvalue weighted by molar-refractivity contribution is -0.440. The van der Waals surface area contributed by atoms with Crippen LogP contribution in [-0.2, 0) is 4.79 Å². The number of carbonyl (C=O) groups is 1. The molecule has 0 spiro atoms. The summed E-state index contributed by atoms with van der Waals surface area (Å²) in [6, 6.07) is 0. The first kappa shape index (κ1) is 16.4. The van der Waals surface area contributed by atoms with Gasteiger partial charge in [0.15, 0.2) is 6.21 Å². The molecular formula is C17H26NO2+. The second kappa shape index (κ2) is 7.22.